The molecule has 0 saturated heterocycles. The lowest BCUT2D eigenvalue weighted by atomic mass is 10.0. The Balaban J connectivity index is 1.94. The SMILES string of the molecule is CCC(C)NC(C)Cc1ccc2c(c1)CCN2. The van der Waals surface area contributed by atoms with Gasteiger partial charge in [-0.15, -0.1) is 0 Å². The fraction of sp³-hybridized carbons (Fsp3) is 0.600. The third-order valence-corrected chi connectivity index (χ3v) is 3.60. The minimum absolute atomic E-state index is 0.553. The zero-order valence-corrected chi connectivity index (χ0v) is 11.2. The zero-order valence-electron chi connectivity index (χ0n) is 11.2. The van der Waals surface area contributed by atoms with Crippen molar-refractivity contribution in [2.24, 2.45) is 0 Å². The molecule has 0 amide bonds. The van der Waals surface area contributed by atoms with Gasteiger partial charge in [-0.25, -0.2) is 0 Å². The third kappa shape index (κ3) is 3.22. The number of anilines is 1. The van der Waals surface area contributed by atoms with Gasteiger partial charge >= 0.3 is 0 Å². The normalized spacial score (nSPS) is 17.4. The van der Waals surface area contributed by atoms with E-state index in [1.165, 1.54) is 29.7 Å². The van der Waals surface area contributed by atoms with E-state index in [1.54, 1.807) is 0 Å². The van der Waals surface area contributed by atoms with Gasteiger partial charge in [0.05, 0.1) is 0 Å². The monoisotopic (exact) mass is 232 g/mol. The molecule has 2 nitrogen and oxygen atoms in total. The summed E-state index contributed by atoms with van der Waals surface area (Å²) in [6, 6.07) is 8.02. The molecular formula is C15H24N2. The first-order valence-electron chi connectivity index (χ1n) is 6.80. The highest BCUT2D eigenvalue weighted by Gasteiger charge is 2.12. The van der Waals surface area contributed by atoms with Gasteiger partial charge < -0.3 is 10.6 Å². The van der Waals surface area contributed by atoms with Crippen LogP contribution in [0, 0.1) is 0 Å². The van der Waals surface area contributed by atoms with Crippen LogP contribution in [0.2, 0.25) is 0 Å². The highest BCUT2D eigenvalue weighted by Crippen LogP contribution is 2.23. The predicted octanol–water partition coefficient (Wildman–Crippen LogP) is 2.97. The van der Waals surface area contributed by atoms with Gasteiger partial charge in [-0.1, -0.05) is 19.1 Å². The van der Waals surface area contributed by atoms with Crippen molar-refractivity contribution in [1.29, 1.82) is 0 Å². The van der Waals surface area contributed by atoms with E-state index in [4.69, 9.17) is 0 Å². The van der Waals surface area contributed by atoms with E-state index in [2.05, 4.69) is 49.6 Å². The van der Waals surface area contributed by atoms with Crippen molar-refractivity contribution >= 4 is 5.69 Å². The molecule has 2 N–H and O–H groups in total. The van der Waals surface area contributed by atoms with E-state index in [1.807, 2.05) is 0 Å². The Kier molecular flexibility index (Phi) is 4.06. The third-order valence-electron chi connectivity index (χ3n) is 3.60. The smallest absolute Gasteiger partial charge is 0.0373 e. The summed E-state index contributed by atoms with van der Waals surface area (Å²) in [6.45, 7) is 7.85. The summed E-state index contributed by atoms with van der Waals surface area (Å²) in [5.74, 6) is 0. The molecule has 0 fully saturated rings. The van der Waals surface area contributed by atoms with Crippen molar-refractivity contribution in [2.75, 3.05) is 11.9 Å². The second kappa shape index (κ2) is 5.54. The Morgan fingerprint density at radius 1 is 1.29 bits per heavy atom. The van der Waals surface area contributed by atoms with Crippen LogP contribution in [-0.4, -0.2) is 18.6 Å². The van der Waals surface area contributed by atoms with Crippen molar-refractivity contribution in [3.05, 3.63) is 29.3 Å². The van der Waals surface area contributed by atoms with Crippen LogP contribution in [0.5, 0.6) is 0 Å². The summed E-state index contributed by atoms with van der Waals surface area (Å²) in [4.78, 5) is 0. The maximum atomic E-state index is 3.63. The van der Waals surface area contributed by atoms with E-state index < -0.39 is 0 Å². The fourth-order valence-corrected chi connectivity index (χ4v) is 2.50. The lowest BCUT2D eigenvalue weighted by molar-refractivity contribution is 0.455. The van der Waals surface area contributed by atoms with Crippen LogP contribution in [-0.2, 0) is 12.8 Å². The number of hydrogen-bond acceptors (Lipinski definition) is 2. The summed E-state index contributed by atoms with van der Waals surface area (Å²) in [7, 11) is 0. The molecule has 0 aliphatic carbocycles. The van der Waals surface area contributed by atoms with E-state index >= 15 is 0 Å². The highest BCUT2D eigenvalue weighted by atomic mass is 14.9. The van der Waals surface area contributed by atoms with Gasteiger partial charge in [-0.2, -0.15) is 0 Å². The van der Waals surface area contributed by atoms with Crippen LogP contribution >= 0.6 is 0 Å². The van der Waals surface area contributed by atoms with Crippen LogP contribution in [0.25, 0.3) is 0 Å². The van der Waals surface area contributed by atoms with Gasteiger partial charge in [0, 0.05) is 24.3 Å². The Hall–Kier alpha value is -1.02. The zero-order chi connectivity index (χ0) is 12.3. The Labute approximate surface area is 105 Å². The molecule has 17 heavy (non-hydrogen) atoms. The maximum absolute atomic E-state index is 3.63. The van der Waals surface area contributed by atoms with Crippen molar-refractivity contribution in [3.8, 4) is 0 Å². The topological polar surface area (TPSA) is 24.1 Å². The molecule has 2 atom stereocenters. The molecule has 2 heteroatoms. The lowest BCUT2D eigenvalue weighted by Crippen LogP contribution is -2.35. The maximum Gasteiger partial charge on any atom is 0.0373 e. The van der Waals surface area contributed by atoms with Crippen molar-refractivity contribution in [1.82, 2.24) is 5.32 Å². The molecule has 0 bridgehead atoms. The number of benzene rings is 1. The summed E-state index contributed by atoms with van der Waals surface area (Å²) < 4.78 is 0. The average Bonchev–Trinajstić information content (AvgIpc) is 2.75. The molecule has 0 spiro atoms. The van der Waals surface area contributed by atoms with Gasteiger partial charge in [-0.05, 0) is 50.3 Å². The Bertz CT molecular complexity index is 373. The number of rotatable bonds is 5. The van der Waals surface area contributed by atoms with Gasteiger partial charge in [0.1, 0.15) is 0 Å². The van der Waals surface area contributed by atoms with Crippen LogP contribution in [0.15, 0.2) is 18.2 Å². The largest absolute Gasteiger partial charge is 0.384 e. The number of fused-ring (bicyclic) bond motifs is 1. The van der Waals surface area contributed by atoms with E-state index in [-0.39, 0.29) is 0 Å². The summed E-state index contributed by atoms with van der Waals surface area (Å²) in [6.07, 6.45) is 3.49. The highest BCUT2D eigenvalue weighted by molar-refractivity contribution is 5.56. The average molecular weight is 232 g/mol. The van der Waals surface area contributed by atoms with E-state index in [9.17, 15) is 0 Å². The van der Waals surface area contributed by atoms with Crippen LogP contribution in [0.1, 0.15) is 38.3 Å². The molecule has 1 aliphatic heterocycles. The Morgan fingerprint density at radius 2 is 2.12 bits per heavy atom. The van der Waals surface area contributed by atoms with Gasteiger partial charge in [0.15, 0.2) is 0 Å². The van der Waals surface area contributed by atoms with Crippen LogP contribution in [0.3, 0.4) is 0 Å². The molecule has 94 valence electrons. The first kappa shape index (κ1) is 12.4. The molecule has 0 aromatic heterocycles. The molecule has 1 heterocycles. The second-order valence-electron chi connectivity index (χ2n) is 5.25. The van der Waals surface area contributed by atoms with Crippen molar-refractivity contribution in [3.63, 3.8) is 0 Å². The van der Waals surface area contributed by atoms with Gasteiger partial charge in [-0.3, -0.25) is 0 Å². The van der Waals surface area contributed by atoms with Gasteiger partial charge in [0.2, 0.25) is 0 Å². The molecule has 2 unspecified atom stereocenters. The number of hydrogen-bond donors (Lipinski definition) is 2. The lowest BCUT2D eigenvalue weighted by Gasteiger charge is -2.19. The number of nitrogens with one attached hydrogen (secondary N) is 2. The molecule has 1 aromatic carbocycles. The minimum Gasteiger partial charge on any atom is -0.384 e. The molecule has 0 radical (unpaired) electrons. The standard InChI is InChI=1S/C15H24N2/c1-4-11(2)17-12(3)9-13-5-6-15-14(10-13)7-8-16-15/h5-6,10-12,16-17H,4,7-9H2,1-3H3. The Morgan fingerprint density at radius 3 is 2.88 bits per heavy atom. The quantitative estimate of drug-likeness (QED) is 0.815. The molecule has 1 aromatic rings. The second-order valence-corrected chi connectivity index (χ2v) is 5.25. The minimum atomic E-state index is 0.553. The summed E-state index contributed by atoms with van der Waals surface area (Å²) >= 11 is 0. The molecular weight excluding hydrogens is 208 g/mol. The van der Waals surface area contributed by atoms with E-state index in [0.29, 0.717) is 12.1 Å². The van der Waals surface area contributed by atoms with Crippen LogP contribution in [0.4, 0.5) is 5.69 Å². The van der Waals surface area contributed by atoms with Gasteiger partial charge in [0.25, 0.3) is 0 Å². The summed E-state index contributed by atoms with van der Waals surface area (Å²) in [5.41, 5.74) is 4.27. The van der Waals surface area contributed by atoms with Crippen molar-refractivity contribution < 1.29 is 0 Å². The summed E-state index contributed by atoms with van der Waals surface area (Å²) in [5, 5.41) is 7.04. The predicted molar refractivity (Wildman–Crippen MR) is 74.7 cm³/mol. The first-order chi connectivity index (χ1) is 8.19. The first-order valence-corrected chi connectivity index (χ1v) is 6.80. The van der Waals surface area contributed by atoms with Crippen molar-refractivity contribution in [2.45, 2.75) is 52.1 Å². The van der Waals surface area contributed by atoms with Crippen LogP contribution < -0.4 is 10.6 Å². The molecule has 1 aliphatic rings. The molecule has 2 rings (SSSR count). The fourth-order valence-electron chi connectivity index (χ4n) is 2.50. The molecule has 0 saturated carbocycles. The van der Waals surface area contributed by atoms with E-state index in [0.717, 1.165) is 13.0 Å².